The second-order valence-electron chi connectivity index (χ2n) is 6.26. The molecule has 0 saturated carbocycles. The highest BCUT2D eigenvalue weighted by Gasteiger charge is 2.15. The van der Waals surface area contributed by atoms with Crippen LogP contribution in [0.5, 0.6) is 0 Å². The standard InChI is InChI=1S/C21H24ClFN4S/c1-4-26(5-2)16-12-10-15(11-13-16)20-24-25-21(27(20)6-3)28-14-17-18(22)8-7-9-19(17)23/h7-13H,4-6,14H2,1-3H3. The van der Waals surface area contributed by atoms with Crippen LogP contribution in [0.1, 0.15) is 26.3 Å². The molecule has 4 nitrogen and oxygen atoms in total. The average Bonchev–Trinajstić information content (AvgIpc) is 3.12. The van der Waals surface area contributed by atoms with Crippen LogP contribution < -0.4 is 4.90 Å². The van der Waals surface area contributed by atoms with E-state index in [1.54, 1.807) is 12.1 Å². The molecule has 0 aliphatic rings. The molecule has 0 unspecified atom stereocenters. The molecule has 0 aliphatic carbocycles. The first-order chi connectivity index (χ1) is 13.6. The lowest BCUT2D eigenvalue weighted by molar-refractivity contribution is 0.617. The summed E-state index contributed by atoms with van der Waals surface area (Å²) in [6.45, 7) is 9.03. The van der Waals surface area contributed by atoms with Crippen LogP contribution in [0.2, 0.25) is 5.02 Å². The van der Waals surface area contributed by atoms with Gasteiger partial charge in [0.25, 0.3) is 0 Å². The molecule has 28 heavy (non-hydrogen) atoms. The van der Waals surface area contributed by atoms with Crippen LogP contribution >= 0.6 is 23.4 Å². The van der Waals surface area contributed by atoms with Gasteiger partial charge in [0.1, 0.15) is 5.82 Å². The van der Waals surface area contributed by atoms with Crippen LogP contribution in [-0.2, 0) is 12.3 Å². The van der Waals surface area contributed by atoms with Crippen LogP contribution in [0.4, 0.5) is 10.1 Å². The summed E-state index contributed by atoms with van der Waals surface area (Å²) in [6, 6.07) is 13.1. The quantitative estimate of drug-likeness (QED) is 0.427. The lowest BCUT2D eigenvalue weighted by atomic mass is 10.2. The fraction of sp³-hybridized carbons (Fsp3) is 0.333. The van der Waals surface area contributed by atoms with E-state index < -0.39 is 0 Å². The molecular weight excluding hydrogens is 395 g/mol. The lowest BCUT2D eigenvalue weighted by Gasteiger charge is -2.21. The zero-order chi connectivity index (χ0) is 20.1. The maximum absolute atomic E-state index is 14.0. The van der Waals surface area contributed by atoms with Gasteiger partial charge < -0.3 is 9.47 Å². The third kappa shape index (κ3) is 4.33. The van der Waals surface area contributed by atoms with Crippen LogP contribution in [0, 0.1) is 5.82 Å². The van der Waals surface area contributed by atoms with Crippen LogP contribution in [0.15, 0.2) is 47.6 Å². The molecular formula is C21H24ClFN4S. The van der Waals surface area contributed by atoms with E-state index in [-0.39, 0.29) is 5.82 Å². The summed E-state index contributed by atoms with van der Waals surface area (Å²) < 4.78 is 16.1. The third-order valence-corrected chi connectivity index (χ3v) is 6.04. The van der Waals surface area contributed by atoms with E-state index in [1.807, 2.05) is 4.57 Å². The van der Waals surface area contributed by atoms with Crippen molar-refractivity contribution in [2.75, 3.05) is 18.0 Å². The van der Waals surface area contributed by atoms with E-state index in [0.29, 0.717) is 16.3 Å². The van der Waals surface area contributed by atoms with E-state index in [9.17, 15) is 4.39 Å². The number of anilines is 1. The van der Waals surface area contributed by atoms with Crippen LogP contribution in [-0.4, -0.2) is 27.9 Å². The molecule has 0 bridgehead atoms. The maximum atomic E-state index is 14.0. The Morgan fingerprint density at radius 2 is 1.75 bits per heavy atom. The Balaban J connectivity index is 1.82. The summed E-state index contributed by atoms with van der Waals surface area (Å²) in [6.07, 6.45) is 0. The van der Waals surface area contributed by atoms with Gasteiger partial charge in [-0.05, 0) is 57.2 Å². The summed E-state index contributed by atoms with van der Waals surface area (Å²) in [7, 11) is 0. The Hall–Kier alpha value is -2.05. The molecule has 1 aromatic heterocycles. The van der Waals surface area contributed by atoms with Gasteiger partial charge in [-0.3, -0.25) is 0 Å². The van der Waals surface area contributed by atoms with E-state index in [0.717, 1.165) is 36.2 Å². The van der Waals surface area contributed by atoms with Gasteiger partial charge in [0.15, 0.2) is 11.0 Å². The van der Waals surface area contributed by atoms with Crippen molar-refractivity contribution in [3.63, 3.8) is 0 Å². The first-order valence-electron chi connectivity index (χ1n) is 9.43. The summed E-state index contributed by atoms with van der Waals surface area (Å²) >= 11 is 7.58. The monoisotopic (exact) mass is 418 g/mol. The van der Waals surface area contributed by atoms with Crippen molar-refractivity contribution in [2.24, 2.45) is 0 Å². The molecule has 0 spiro atoms. The van der Waals surface area contributed by atoms with E-state index >= 15 is 0 Å². The minimum absolute atomic E-state index is 0.297. The third-order valence-electron chi connectivity index (χ3n) is 4.69. The van der Waals surface area contributed by atoms with E-state index in [2.05, 4.69) is 60.1 Å². The van der Waals surface area contributed by atoms with Crippen molar-refractivity contribution < 1.29 is 4.39 Å². The molecule has 7 heteroatoms. The van der Waals surface area contributed by atoms with Gasteiger partial charge in [-0.1, -0.05) is 29.4 Å². The fourth-order valence-corrected chi connectivity index (χ4v) is 4.46. The number of aromatic nitrogens is 3. The summed E-state index contributed by atoms with van der Waals surface area (Å²) in [4.78, 5) is 2.30. The van der Waals surface area contributed by atoms with Crippen molar-refractivity contribution in [2.45, 2.75) is 38.2 Å². The second kappa shape index (κ2) is 9.43. The van der Waals surface area contributed by atoms with Crippen molar-refractivity contribution in [3.8, 4) is 11.4 Å². The number of nitrogens with zero attached hydrogens (tertiary/aromatic N) is 4. The van der Waals surface area contributed by atoms with Gasteiger partial charge in [-0.2, -0.15) is 0 Å². The minimum Gasteiger partial charge on any atom is -0.372 e. The van der Waals surface area contributed by atoms with Crippen molar-refractivity contribution >= 4 is 29.1 Å². The number of benzene rings is 2. The smallest absolute Gasteiger partial charge is 0.191 e. The highest BCUT2D eigenvalue weighted by Crippen LogP contribution is 2.30. The molecule has 148 valence electrons. The average molecular weight is 419 g/mol. The Morgan fingerprint density at radius 3 is 2.36 bits per heavy atom. The summed E-state index contributed by atoms with van der Waals surface area (Å²) in [5, 5.41) is 9.90. The number of hydrogen-bond acceptors (Lipinski definition) is 4. The second-order valence-corrected chi connectivity index (χ2v) is 7.61. The number of thioether (sulfide) groups is 1. The summed E-state index contributed by atoms with van der Waals surface area (Å²) in [5.74, 6) is 0.926. The molecule has 0 N–H and O–H groups in total. The predicted molar refractivity (Wildman–Crippen MR) is 116 cm³/mol. The first-order valence-corrected chi connectivity index (χ1v) is 10.8. The molecule has 2 aromatic carbocycles. The predicted octanol–water partition coefficient (Wildman–Crippen LogP) is 5.90. The number of rotatable bonds is 8. The highest BCUT2D eigenvalue weighted by atomic mass is 35.5. The topological polar surface area (TPSA) is 34.0 Å². The largest absolute Gasteiger partial charge is 0.372 e. The maximum Gasteiger partial charge on any atom is 0.191 e. The number of hydrogen-bond donors (Lipinski definition) is 0. The molecule has 3 aromatic rings. The van der Waals surface area contributed by atoms with Crippen LogP contribution in [0.25, 0.3) is 11.4 Å². The molecule has 0 fully saturated rings. The van der Waals surface area contributed by atoms with Gasteiger partial charge in [0.2, 0.25) is 0 Å². The molecule has 0 saturated heterocycles. The van der Waals surface area contributed by atoms with Gasteiger partial charge >= 0.3 is 0 Å². The van der Waals surface area contributed by atoms with Gasteiger partial charge in [0.05, 0.1) is 0 Å². The highest BCUT2D eigenvalue weighted by molar-refractivity contribution is 7.98. The normalized spacial score (nSPS) is 11.0. The zero-order valence-corrected chi connectivity index (χ0v) is 17.9. The van der Waals surface area contributed by atoms with E-state index in [1.165, 1.54) is 23.5 Å². The lowest BCUT2D eigenvalue weighted by Crippen LogP contribution is -2.21. The van der Waals surface area contributed by atoms with Gasteiger partial charge in [0, 0.05) is 47.2 Å². The molecule has 0 aliphatic heterocycles. The first kappa shape index (κ1) is 20.7. The van der Waals surface area contributed by atoms with Crippen LogP contribution in [0.3, 0.4) is 0 Å². The SMILES string of the molecule is CCN(CC)c1ccc(-c2nnc(SCc3c(F)cccc3Cl)n2CC)cc1. The van der Waals surface area contributed by atoms with Crippen molar-refractivity contribution in [1.29, 1.82) is 0 Å². The molecule has 0 radical (unpaired) electrons. The Morgan fingerprint density at radius 1 is 1.04 bits per heavy atom. The fourth-order valence-electron chi connectivity index (χ4n) is 3.11. The molecule has 1 heterocycles. The van der Waals surface area contributed by atoms with Crippen molar-refractivity contribution in [3.05, 3.63) is 58.9 Å². The Labute approximate surface area is 174 Å². The van der Waals surface area contributed by atoms with Gasteiger partial charge in [-0.15, -0.1) is 10.2 Å². The van der Waals surface area contributed by atoms with E-state index in [4.69, 9.17) is 11.6 Å². The van der Waals surface area contributed by atoms with Crippen molar-refractivity contribution in [1.82, 2.24) is 14.8 Å². The van der Waals surface area contributed by atoms with Gasteiger partial charge in [-0.25, -0.2) is 4.39 Å². The number of halogens is 2. The summed E-state index contributed by atoms with van der Waals surface area (Å²) in [5.41, 5.74) is 2.70. The molecule has 3 rings (SSSR count). The molecule has 0 amide bonds. The zero-order valence-electron chi connectivity index (χ0n) is 16.3. The minimum atomic E-state index is -0.297. The Kier molecular flexibility index (Phi) is 6.97. The molecule has 0 atom stereocenters. The Bertz CT molecular complexity index is 902.